The van der Waals surface area contributed by atoms with Gasteiger partial charge >= 0.3 is 0 Å². The maximum atomic E-state index is 12.7. The van der Waals surface area contributed by atoms with Crippen LogP contribution in [0.1, 0.15) is 32.2 Å². The molecule has 0 saturated carbocycles. The highest BCUT2D eigenvalue weighted by atomic mass is 32.2. The second-order valence-electron chi connectivity index (χ2n) is 5.71. The summed E-state index contributed by atoms with van der Waals surface area (Å²) in [5.41, 5.74) is 1.14. The first-order valence-corrected chi connectivity index (χ1v) is 8.83. The van der Waals surface area contributed by atoms with Gasteiger partial charge in [-0.15, -0.1) is 0 Å². The first-order valence-electron chi connectivity index (χ1n) is 7.35. The average molecular weight is 325 g/mol. The van der Waals surface area contributed by atoms with Gasteiger partial charge in [0.2, 0.25) is 0 Å². The number of aromatic nitrogens is 4. The van der Waals surface area contributed by atoms with E-state index >= 15 is 0 Å². The number of rotatable bonds is 6. The summed E-state index contributed by atoms with van der Waals surface area (Å²) in [6.45, 7) is 10.8. The Bertz CT molecular complexity index is 758. The summed E-state index contributed by atoms with van der Waals surface area (Å²) in [7, 11) is -3.69. The van der Waals surface area contributed by atoms with E-state index in [2.05, 4.69) is 28.8 Å². The van der Waals surface area contributed by atoms with E-state index in [9.17, 15) is 8.42 Å². The molecule has 2 aromatic rings. The van der Waals surface area contributed by atoms with Crippen LogP contribution < -0.4 is 4.72 Å². The molecule has 122 valence electrons. The number of aryl methyl sites for hydroxylation is 2. The molecule has 1 N–H and O–H groups in total. The fourth-order valence-corrected chi connectivity index (χ4v) is 3.95. The number of anilines is 1. The molecule has 0 aliphatic carbocycles. The van der Waals surface area contributed by atoms with E-state index in [-0.39, 0.29) is 4.90 Å². The summed E-state index contributed by atoms with van der Waals surface area (Å²) in [6, 6.07) is 1.66. The van der Waals surface area contributed by atoms with Crippen molar-refractivity contribution in [1.29, 1.82) is 0 Å². The standard InChI is InChI=1S/C14H23N5O2S/c1-6-18-12(5)14(11(4)16-18)22(20,21)17-13-7-8-15-19(13)9-10(2)3/h7-8,10,17H,6,9H2,1-5H3. The molecule has 7 nitrogen and oxygen atoms in total. The van der Waals surface area contributed by atoms with Crippen LogP contribution in [0.15, 0.2) is 17.2 Å². The number of nitrogens with zero attached hydrogens (tertiary/aromatic N) is 4. The van der Waals surface area contributed by atoms with Gasteiger partial charge in [0.15, 0.2) is 0 Å². The third kappa shape index (κ3) is 3.16. The van der Waals surface area contributed by atoms with E-state index in [1.165, 1.54) is 0 Å². The third-order valence-electron chi connectivity index (χ3n) is 3.38. The normalized spacial score (nSPS) is 12.1. The number of sulfonamides is 1. The molecule has 2 heterocycles. The monoisotopic (exact) mass is 325 g/mol. The van der Waals surface area contributed by atoms with Crippen molar-refractivity contribution in [1.82, 2.24) is 19.6 Å². The van der Waals surface area contributed by atoms with Crippen LogP contribution in [0.2, 0.25) is 0 Å². The number of nitrogens with one attached hydrogen (secondary N) is 1. The van der Waals surface area contributed by atoms with Crippen molar-refractivity contribution in [3.63, 3.8) is 0 Å². The molecule has 2 rings (SSSR count). The first-order chi connectivity index (χ1) is 10.3. The lowest BCUT2D eigenvalue weighted by Gasteiger charge is -2.12. The van der Waals surface area contributed by atoms with Crippen LogP contribution in [-0.2, 0) is 23.1 Å². The molecule has 8 heteroatoms. The van der Waals surface area contributed by atoms with Gasteiger partial charge in [0.25, 0.3) is 10.0 Å². The van der Waals surface area contributed by atoms with Crippen molar-refractivity contribution in [2.24, 2.45) is 5.92 Å². The summed E-state index contributed by atoms with van der Waals surface area (Å²) in [5, 5.41) is 8.44. The smallest absolute Gasteiger partial charge is 0.266 e. The summed E-state index contributed by atoms with van der Waals surface area (Å²) in [4.78, 5) is 0.242. The highest BCUT2D eigenvalue weighted by Gasteiger charge is 2.25. The molecule has 22 heavy (non-hydrogen) atoms. The second-order valence-corrected chi connectivity index (χ2v) is 7.33. The predicted molar refractivity (Wildman–Crippen MR) is 85.2 cm³/mol. The molecule has 0 unspecified atom stereocenters. The summed E-state index contributed by atoms with van der Waals surface area (Å²) in [6.07, 6.45) is 1.59. The van der Waals surface area contributed by atoms with E-state index in [1.54, 1.807) is 35.5 Å². The quantitative estimate of drug-likeness (QED) is 0.882. The van der Waals surface area contributed by atoms with Gasteiger partial charge in [0, 0.05) is 19.2 Å². The molecule has 0 aliphatic rings. The third-order valence-corrected chi connectivity index (χ3v) is 4.98. The van der Waals surface area contributed by atoms with Crippen LogP contribution in [0.5, 0.6) is 0 Å². The minimum Gasteiger partial charge on any atom is -0.268 e. The van der Waals surface area contributed by atoms with Crippen LogP contribution >= 0.6 is 0 Å². The Balaban J connectivity index is 2.37. The van der Waals surface area contributed by atoms with E-state index in [1.807, 2.05) is 6.92 Å². The Labute approximate surface area is 131 Å². The maximum absolute atomic E-state index is 12.7. The lowest BCUT2D eigenvalue weighted by atomic mass is 10.2. The highest BCUT2D eigenvalue weighted by molar-refractivity contribution is 7.92. The van der Waals surface area contributed by atoms with E-state index in [4.69, 9.17) is 0 Å². The van der Waals surface area contributed by atoms with Gasteiger partial charge in [-0.3, -0.25) is 9.40 Å². The van der Waals surface area contributed by atoms with Crippen molar-refractivity contribution >= 4 is 15.8 Å². The lowest BCUT2D eigenvalue weighted by molar-refractivity contribution is 0.488. The van der Waals surface area contributed by atoms with Gasteiger partial charge in [0.05, 0.1) is 17.6 Å². The molecular weight excluding hydrogens is 302 g/mol. The SMILES string of the molecule is CCn1nc(C)c(S(=O)(=O)Nc2ccnn2CC(C)C)c1C. The zero-order chi connectivity index (χ0) is 16.5. The Morgan fingerprint density at radius 1 is 1.27 bits per heavy atom. The zero-order valence-corrected chi connectivity index (χ0v) is 14.5. The van der Waals surface area contributed by atoms with Crippen molar-refractivity contribution in [2.75, 3.05) is 4.72 Å². The average Bonchev–Trinajstić information content (AvgIpc) is 2.93. The Morgan fingerprint density at radius 2 is 1.95 bits per heavy atom. The Hall–Kier alpha value is -1.83. The molecular formula is C14H23N5O2S. The maximum Gasteiger partial charge on any atom is 0.266 e. The molecule has 0 fully saturated rings. The largest absolute Gasteiger partial charge is 0.268 e. The molecule has 0 aliphatic heterocycles. The summed E-state index contributed by atoms with van der Waals surface area (Å²) < 4.78 is 31.4. The fourth-order valence-electron chi connectivity index (χ4n) is 2.48. The highest BCUT2D eigenvalue weighted by Crippen LogP contribution is 2.22. The van der Waals surface area contributed by atoms with Crippen molar-refractivity contribution in [2.45, 2.75) is 52.6 Å². The second kappa shape index (κ2) is 6.12. The lowest BCUT2D eigenvalue weighted by Crippen LogP contribution is -2.19. The number of hydrogen-bond donors (Lipinski definition) is 1. The van der Waals surface area contributed by atoms with E-state index < -0.39 is 10.0 Å². The van der Waals surface area contributed by atoms with Crippen molar-refractivity contribution in [3.8, 4) is 0 Å². The van der Waals surface area contributed by atoms with Gasteiger partial charge in [-0.25, -0.2) is 13.1 Å². The molecule has 0 saturated heterocycles. The molecule has 0 atom stereocenters. The van der Waals surface area contributed by atoms with E-state index in [0.717, 1.165) is 0 Å². The van der Waals surface area contributed by atoms with Gasteiger partial charge in [-0.2, -0.15) is 10.2 Å². The van der Waals surface area contributed by atoms with Gasteiger partial charge < -0.3 is 0 Å². The van der Waals surface area contributed by atoms with Gasteiger partial charge in [-0.05, 0) is 26.7 Å². The van der Waals surface area contributed by atoms with Gasteiger partial charge in [-0.1, -0.05) is 13.8 Å². The zero-order valence-electron chi connectivity index (χ0n) is 13.7. The molecule has 2 aromatic heterocycles. The summed E-state index contributed by atoms with van der Waals surface area (Å²) >= 11 is 0. The van der Waals surface area contributed by atoms with Crippen LogP contribution in [-0.4, -0.2) is 28.0 Å². The Morgan fingerprint density at radius 3 is 2.50 bits per heavy atom. The van der Waals surface area contributed by atoms with Crippen LogP contribution in [0.25, 0.3) is 0 Å². The number of hydrogen-bond acceptors (Lipinski definition) is 4. The van der Waals surface area contributed by atoms with Crippen LogP contribution in [0, 0.1) is 19.8 Å². The molecule has 0 bridgehead atoms. The van der Waals surface area contributed by atoms with Crippen LogP contribution in [0.4, 0.5) is 5.82 Å². The fraction of sp³-hybridized carbons (Fsp3) is 0.571. The predicted octanol–water partition coefficient (Wildman–Crippen LogP) is 2.17. The van der Waals surface area contributed by atoms with Crippen LogP contribution in [0.3, 0.4) is 0 Å². The molecule has 0 aromatic carbocycles. The van der Waals surface area contributed by atoms with Gasteiger partial charge in [0.1, 0.15) is 10.7 Å². The summed E-state index contributed by atoms with van der Waals surface area (Å²) in [5.74, 6) is 0.839. The first kappa shape index (κ1) is 16.5. The molecule has 0 spiro atoms. The van der Waals surface area contributed by atoms with E-state index in [0.29, 0.717) is 36.2 Å². The Kier molecular flexibility index (Phi) is 4.60. The van der Waals surface area contributed by atoms with Crippen molar-refractivity contribution in [3.05, 3.63) is 23.7 Å². The molecule has 0 amide bonds. The van der Waals surface area contributed by atoms with Crippen molar-refractivity contribution < 1.29 is 8.42 Å². The minimum atomic E-state index is -3.69. The molecule has 0 radical (unpaired) electrons. The topological polar surface area (TPSA) is 81.8 Å². The minimum absolute atomic E-state index is 0.242.